The molecule has 3 rings (SSSR count). The summed E-state index contributed by atoms with van der Waals surface area (Å²) in [4.78, 5) is 17.9. The molecule has 0 bridgehead atoms. The highest BCUT2D eigenvalue weighted by atomic mass is 19.2. The average molecular weight is 333 g/mol. The molecule has 126 valence electrons. The minimum Gasteiger partial charge on any atom is -0.370 e. The summed E-state index contributed by atoms with van der Waals surface area (Å²) in [6, 6.07) is 7.09. The van der Waals surface area contributed by atoms with Crippen molar-refractivity contribution in [3.05, 3.63) is 65.5 Å². The van der Waals surface area contributed by atoms with Crippen molar-refractivity contribution in [1.82, 2.24) is 15.2 Å². The number of hydrogen-bond acceptors (Lipinski definition) is 3. The summed E-state index contributed by atoms with van der Waals surface area (Å²) in [5, 5.41) is 2.82. The van der Waals surface area contributed by atoms with Crippen molar-refractivity contribution in [3.8, 4) is 0 Å². The molecule has 1 aliphatic heterocycles. The van der Waals surface area contributed by atoms with Crippen LogP contribution in [0.4, 0.5) is 13.6 Å². The third-order valence-corrected chi connectivity index (χ3v) is 3.84. The van der Waals surface area contributed by atoms with Gasteiger partial charge >= 0.3 is 6.03 Å². The number of nitrogens with one attached hydrogen (secondary N) is 1. The van der Waals surface area contributed by atoms with E-state index in [9.17, 15) is 13.6 Å². The molecule has 2 amide bonds. The molecule has 0 saturated carbocycles. The highest BCUT2D eigenvalue weighted by Gasteiger charge is 2.26. The number of ether oxygens (including phenoxy) is 1. The first-order valence-corrected chi connectivity index (χ1v) is 7.62. The van der Waals surface area contributed by atoms with Gasteiger partial charge in [0, 0.05) is 25.5 Å². The molecule has 24 heavy (non-hydrogen) atoms. The van der Waals surface area contributed by atoms with Crippen LogP contribution in [0.2, 0.25) is 0 Å². The van der Waals surface area contributed by atoms with Crippen LogP contribution in [0.5, 0.6) is 0 Å². The fourth-order valence-electron chi connectivity index (χ4n) is 2.54. The largest absolute Gasteiger partial charge is 0.370 e. The minimum atomic E-state index is -0.922. The molecule has 0 unspecified atom stereocenters. The topological polar surface area (TPSA) is 54.5 Å². The normalized spacial score (nSPS) is 17.6. The minimum absolute atomic E-state index is 0.227. The van der Waals surface area contributed by atoms with Gasteiger partial charge in [-0.1, -0.05) is 12.1 Å². The Labute approximate surface area is 138 Å². The molecule has 2 heterocycles. The zero-order chi connectivity index (χ0) is 16.9. The van der Waals surface area contributed by atoms with Gasteiger partial charge < -0.3 is 15.0 Å². The molecule has 1 aromatic carbocycles. The highest BCUT2D eigenvalue weighted by molar-refractivity contribution is 5.74. The summed E-state index contributed by atoms with van der Waals surface area (Å²) in [5.74, 6) is -1.82. The molecule has 2 aromatic rings. The Morgan fingerprint density at radius 2 is 2.21 bits per heavy atom. The van der Waals surface area contributed by atoms with E-state index >= 15 is 0 Å². The molecule has 0 aliphatic carbocycles. The lowest BCUT2D eigenvalue weighted by Crippen LogP contribution is -2.47. The van der Waals surface area contributed by atoms with Crippen LogP contribution >= 0.6 is 0 Å². The smallest absolute Gasteiger partial charge is 0.317 e. The van der Waals surface area contributed by atoms with Gasteiger partial charge in [-0.2, -0.15) is 0 Å². The van der Waals surface area contributed by atoms with Gasteiger partial charge in [0.05, 0.1) is 13.2 Å². The van der Waals surface area contributed by atoms with Crippen molar-refractivity contribution in [2.24, 2.45) is 0 Å². The predicted molar refractivity (Wildman–Crippen MR) is 83.1 cm³/mol. The fourth-order valence-corrected chi connectivity index (χ4v) is 2.54. The van der Waals surface area contributed by atoms with Gasteiger partial charge in [0.25, 0.3) is 0 Å². The third-order valence-electron chi connectivity index (χ3n) is 3.84. The number of carbonyl (C=O) groups excluding carboxylic acids is 1. The van der Waals surface area contributed by atoms with E-state index in [1.165, 1.54) is 6.07 Å². The van der Waals surface area contributed by atoms with E-state index in [1.807, 2.05) is 6.07 Å². The van der Waals surface area contributed by atoms with Crippen molar-refractivity contribution >= 4 is 6.03 Å². The van der Waals surface area contributed by atoms with E-state index in [2.05, 4.69) is 10.3 Å². The molecule has 5 nitrogen and oxygen atoms in total. The number of benzene rings is 1. The molecule has 1 aliphatic rings. The molecular formula is C17H17F2N3O2. The summed E-state index contributed by atoms with van der Waals surface area (Å²) >= 11 is 0. The number of hydrogen-bond donors (Lipinski definition) is 1. The summed E-state index contributed by atoms with van der Waals surface area (Å²) in [5.41, 5.74) is 1.41. The number of pyridine rings is 1. The SMILES string of the molecule is O=C(NCc1cccnc1)N1CCO[C@@H](c2ccc(F)c(F)c2)C1. The lowest BCUT2D eigenvalue weighted by Gasteiger charge is -2.33. The second kappa shape index (κ2) is 7.35. The monoisotopic (exact) mass is 333 g/mol. The number of halogens is 2. The van der Waals surface area contributed by atoms with Crippen LogP contribution in [0, 0.1) is 11.6 Å². The van der Waals surface area contributed by atoms with Gasteiger partial charge in [-0.15, -0.1) is 0 Å². The molecule has 1 aromatic heterocycles. The standard InChI is InChI=1S/C17H17F2N3O2/c18-14-4-3-13(8-15(14)19)16-11-22(6-7-24-16)17(23)21-10-12-2-1-5-20-9-12/h1-5,8-9,16H,6-7,10-11H2,(H,21,23)/t16-/m1/s1. The van der Waals surface area contributed by atoms with Crippen LogP contribution in [-0.4, -0.2) is 35.6 Å². The van der Waals surface area contributed by atoms with Gasteiger partial charge in [-0.05, 0) is 29.3 Å². The van der Waals surface area contributed by atoms with Crippen molar-refractivity contribution < 1.29 is 18.3 Å². The number of aromatic nitrogens is 1. The van der Waals surface area contributed by atoms with Crippen LogP contribution < -0.4 is 5.32 Å². The third kappa shape index (κ3) is 3.86. The maximum atomic E-state index is 13.4. The van der Waals surface area contributed by atoms with E-state index in [4.69, 9.17) is 4.74 Å². The van der Waals surface area contributed by atoms with Crippen molar-refractivity contribution in [2.45, 2.75) is 12.6 Å². The lowest BCUT2D eigenvalue weighted by molar-refractivity contribution is -0.0156. The zero-order valence-electron chi connectivity index (χ0n) is 12.9. The fraction of sp³-hybridized carbons (Fsp3) is 0.294. The predicted octanol–water partition coefficient (Wildman–Crippen LogP) is 2.64. The Kier molecular flexibility index (Phi) is 5.00. The summed E-state index contributed by atoms with van der Waals surface area (Å²) < 4.78 is 32.0. The Hall–Kier alpha value is -2.54. The number of urea groups is 1. The van der Waals surface area contributed by atoms with Crippen molar-refractivity contribution in [2.75, 3.05) is 19.7 Å². The highest BCUT2D eigenvalue weighted by Crippen LogP contribution is 2.23. The summed E-state index contributed by atoms with van der Waals surface area (Å²) in [7, 11) is 0. The maximum absolute atomic E-state index is 13.4. The molecule has 1 atom stereocenters. The van der Waals surface area contributed by atoms with E-state index in [0.29, 0.717) is 25.3 Å². The molecule has 1 fully saturated rings. The first kappa shape index (κ1) is 16.3. The van der Waals surface area contributed by atoms with Crippen LogP contribution in [0.3, 0.4) is 0 Å². The Bertz CT molecular complexity index is 712. The Balaban J connectivity index is 1.60. The van der Waals surface area contributed by atoms with E-state index < -0.39 is 17.7 Å². The number of carbonyl (C=O) groups is 1. The Morgan fingerprint density at radius 1 is 1.33 bits per heavy atom. The van der Waals surface area contributed by atoms with Crippen molar-refractivity contribution in [3.63, 3.8) is 0 Å². The first-order chi connectivity index (χ1) is 11.6. The van der Waals surface area contributed by atoms with Crippen LogP contribution in [0.25, 0.3) is 0 Å². The first-order valence-electron chi connectivity index (χ1n) is 7.62. The van der Waals surface area contributed by atoms with Gasteiger partial charge in [0.2, 0.25) is 0 Å². The van der Waals surface area contributed by atoms with Gasteiger partial charge in [0.1, 0.15) is 6.10 Å². The van der Waals surface area contributed by atoms with Crippen LogP contribution in [0.1, 0.15) is 17.2 Å². The van der Waals surface area contributed by atoms with E-state index in [-0.39, 0.29) is 12.6 Å². The number of nitrogens with zero attached hydrogens (tertiary/aromatic N) is 2. The molecule has 7 heteroatoms. The quantitative estimate of drug-likeness (QED) is 0.939. The Morgan fingerprint density at radius 3 is 2.96 bits per heavy atom. The number of amides is 2. The zero-order valence-corrected chi connectivity index (χ0v) is 12.9. The molecule has 0 radical (unpaired) electrons. The molecule has 0 spiro atoms. The van der Waals surface area contributed by atoms with Crippen LogP contribution in [0.15, 0.2) is 42.7 Å². The van der Waals surface area contributed by atoms with E-state index in [0.717, 1.165) is 17.7 Å². The second-order valence-corrected chi connectivity index (χ2v) is 5.50. The number of morpholine rings is 1. The lowest BCUT2D eigenvalue weighted by atomic mass is 10.1. The van der Waals surface area contributed by atoms with Gasteiger partial charge in [-0.25, -0.2) is 13.6 Å². The van der Waals surface area contributed by atoms with Crippen LogP contribution in [-0.2, 0) is 11.3 Å². The molecule has 1 saturated heterocycles. The van der Waals surface area contributed by atoms with Crippen molar-refractivity contribution in [1.29, 1.82) is 0 Å². The molecular weight excluding hydrogens is 316 g/mol. The van der Waals surface area contributed by atoms with E-state index in [1.54, 1.807) is 23.4 Å². The summed E-state index contributed by atoms with van der Waals surface area (Å²) in [6.45, 7) is 1.44. The second-order valence-electron chi connectivity index (χ2n) is 5.50. The number of rotatable bonds is 3. The maximum Gasteiger partial charge on any atom is 0.317 e. The van der Waals surface area contributed by atoms with Gasteiger partial charge in [0.15, 0.2) is 11.6 Å². The summed E-state index contributed by atoms with van der Waals surface area (Å²) in [6.07, 6.45) is 2.88. The van der Waals surface area contributed by atoms with Gasteiger partial charge in [-0.3, -0.25) is 4.98 Å². The molecule has 1 N–H and O–H groups in total. The average Bonchev–Trinajstić information content (AvgIpc) is 2.63.